The summed E-state index contributed by atoms with van der Waals surface area (Å²) in [6.07, 6.45) is 5.35. The van der Waals surface area contributed by atoms with E-state index in [1.807, 2.05) is 12.1 Å². The smallest absolute Gasteiger partial charge is 0.410 e. The molecule has 8 heteroatoms. The third-order valence-corrected chi connectivity index (χ3v) is 7.32. The number of nitrogens with one attached hydrogen (secondary N) is 1. The molecule has 1 aromatic rings. The Morgan fingerprint density at radius 1 is 1.06 bits per heavy atom. The molecule has 32 heavy (non-hydrogen) atoms. The van der Waals surface area contributed by atoms with Gasteiger partial charge < -0.3 is 29.2 Å². The molecule has 1 saturated carbocycles. The second-order valence-corrected chi connectivity index (χ2v) is 9.35. The van der Waals surface area contributed by atoms with Crippen molar-refractivity contribution in [3.05, 3.63) is 29.8 Å². The molecular formula is C24H32N2O6. The molecule has 4 aliphatic heterocycles. The largest absolute Gasteiger partial charge is 0.490 e. The number of hydrogen-bond donors (Lipinski definition) is 1. The molecule has 4 heterocycles. The predicted molar refractivity (Wildman–Crippen MR) is 116 cm³/mol. The van der Waals surface area contributed by atoms with Crippen LogP contribution in [0.25, 0.3) is 0 Å². The van der Waals surface area contributed by atoms with E-state index in [-0.39, 0.29) is 31.3 Å². The van der Waals surface area contributed by atoms with Gasteiger partial charge in [-0.3, -0.25) is 4.79 Å². The van der Waals surface area contributed by atoms with Crippen LogP contribution >= 0.6 is 0 Å². The zero-order valence-corrected chi connectivity index (χ0v) is 18.4. The molecular weight excluding hydrogens is 412 g/mol. The fraction of sp³-hybridized carbons (Fsp3) is 0.667. The van der Waals surface area contributed by atoms with Crippen LogP contribution in [0.5, 0.6) is 5.75 Å². The number of rotatable bonds is 0. The lowest BCUT2D eigenvalue weighted by Gasteiger charge is -2.51. The first-order valence-electron chi connectivity index (χ1n) is 11.8. The van der Waals surface area contributed by atoms with Crippen LogP contribution in [0.1, 0.15) is 50.0 Å². The van der Waals surface area contributed by atoms with Gasteiger partial charge in [-0.15, -0.1) is 0 Å². The van der Waals surface area contributed by atoms with Crippen molar-refractivity contribution in [2.45, 2.75) is 62.1 Å². The number of fused-ring (bicyclic) bond motifs is 7. The van der Waals surface area contributed by atoms with Crippen LogP contribution in [0.4, 0.5) is 4.79 Å². The van der Waals surface area contributed by atoms with Gasteiger partial charge in [0.15, 0.2) is 0 Å². The number of carbonyl (C=O) groups is 2. The van der Waals surface area contributed by atoms with Crippen molar-refractivity contribution < 1.29 is 28.5 Å². The first-order valence-corrected chi connectivity index (χ1v) is 11.8. The molecule has 0 aromatic heterocycles. The standard InChI is InChI=1S/C24H32N2O6/c27-22-15-29-16-24(25-22)9-2-10-26-21(24)14-32-19-7-5-17(6-8-19)18-3-1-4-20(13-18)30-11-12-31-23(26)28/h1,3-4,13,17,19,21H,2,5-12,14-16H2,(H,25,27)/t17?,19?,21-,24+/m0/s1. The molecule has 0 unspecified atom stereocenters. The van der Waals surface area contributed by atoms with E-state index in [1.165, 1.54) is 5.56 Å². The van der Waals surface area contributed by atoms with Gasteiger partial charge in [0, 0.05) is 6.54 Å². The maximum Gasteiger partial charge on any atom is 0.410 e. The van der Waals surface area contributed by atoms with Crippen LogP contribution < -0.4 is 10.1 Å². The second kappa shape index (κ2) is 9.27. The Morgan fingerprint density at radius 3 is 2.75 bits per heavy atom. The Morgan fingerprint density at radius 2 is 1.91 bits per heavy atom. The van der Waals surface area contributed by atoms with Crippen LogP contribution in [0, 0.1) is 0 Å². The summed E-state index contributed by atoms with van der Waals surface area (Å²) in [5, 5.41) is 3.13. The maximum absolute atomic E-state index is 13.0. The number of amides is 2. The Labute approximate surface area is 188 Å². The highest BCUT2D eigenvalue weighted by molar-refractivity contribution is 5.79. The highest BCUT2D eigenvalue weighted by Crippen LogP contribution is 2.37. The molecule has 0 radical (unpaired) electrons. The Bertz CT molecular complexity index is 836. The van der Waals surface area contributed by atoms with Crippen molar-refractivity contribution in [1.29, 1.82) is 0 Å². The average molecular weight is 445 g/mol. The Balaban J connectivity index is 1.38. The molecule has 1 aromatic carbocycles. The summed E-state index contributed by atoms with van der Waals surface area (Å²) >= 11 is 0. The van der Waals surface area contributed by atoms with Gasteiger partial charge in [0.25, 0.3) is 0 Å². The number of carbonyl (C=O) groups excluding carboxylic acids is 2. The monoisotopic (exact) mass is 444 g/mol. The first-order chi connectivity index (χ1) is 15.6. The van der Waals surface area contributed by atoms with Gasteiger partial charge in [0.05, 0.1) is 30.9 Å². The number of hydrogen-bond acceptors (Lipinski definition) is 6. The van der Waals surface area contributed by atoms with Gasteiger partial charge in [-0.1, -0.05) is 12.1 Å². The topological polar surface area (TPSA) is 86.3 Å². The maximum atomic E-state index is 13.0. The molecule has 1 spiro atoms. The predicted octanol–water partition coefficient (Wildman–Crippen LogP) is 2.61. The van der Waals surface area contributed by atoms with Crippen LogP contribution in [-0.2, 0) is 19.0 Å². The van der Waals surface area contributed by atoms with E-state index >= 15 is 0 Å². The zero-order chi connectivity index (χ0) is 22.0. The number of nitrogens with zero attached hydrogens (tertiary/aromatic N) is 1. The molecule has 8 nitrogen and oxygen atoms in total. The van der Waals surface area contributed by atoms with Gasteiger partial charge in [-0.05, 0) is 62.1 Å². The van der Waals surface area contributed by atoms with Crippen molar-refractivity contribution in [3.8, 4) is 5.75 Å². The second-order valence-electron chi connectivity index (χ2n) is 9.35. The molecule has 2 saturated heterocycles. The summed E-state index contributed by atoms with van der Waals surface area (Å²) in [7, 11) is 0. The van der Waals surface area contributed by atoms with Gasteiger partial charge in [-0.25, -0.2) is 4.79 Å². The highest BCUT2D eigenvalue weighted by Gasteiger charge is 2.50. The third kappa shape index (κ3) is 4.43. The average Bonchev–Trinajstić information content (AvgIpc) is 2.81. The highest BCUT2D eigenvalue weighted by atomic mass is 16.6. The van der Waals surface area contributed by atoms with Crippen molar-refractivity contribution >= 4 is 12.0 Å². The number of benzene rings is 1. The minimum Gasteiger partial charge on any atom is -0.490 e. The van der Waals surface area contributed by atoms with E-state index < -0.39 is 11.6 Å². The zero-order valence-electron chi connectivity index (χ0n) is 18.4. The van der Waals surface area contributed by atoms with Gasteiger partial charge >= 0.3 is 6.09 Å². The molecule has 2 atom stereocenters. The molecule has 1 aliphatic carbocycles. The Kier molecular flexibility index (Phi) is 6.24. The molecule has 5 aliphatic rings. The molecule has 4 bridgehead atoms. The lowest BCUT2D eigenvalue weighted by atomic mass is 9.80. The fourth-order valence-electron chi connectivity index (χ4n) is 5.66. The normalized spacial score (nSPS) is 33.8. The summed E-state index contributed by atoms with van der Waals surface area (Å²) in [6, 6.07) is 7.92. The number of morpholine rings is 1. The summed E-state index contributed by atoms with van der Waals surface area (Å²) in [6.45, 7) is 1.82. The number of piperidine rings is 1. The van der Waals surface area contributed by atoms with Crippen molar-refractivity contribution in [3.63, 3.8) is 0 Å². The molecule has 6 rings (SSSR count). The van der Waals surface area contributed by atoms with Crippen molar-refractivity contribution in [1.82, 2.24) is 10.2 Å². The van der Waals surface area contributed by atoms with Gasteiger partial charge in [0.1, 0.15) is 25.6 Å². The lowest BCUT2D eigenvalue weighted by Crippen LogP contribution is -2.72. The van der Waals surface area contributed by atoms with E-state index in [1.54, 1.807) is 4.90 Å². The lowest BCUT2D eigenvalue weighted by molar-refractivity contribution is -0.144. The fourth-order valence-corrected chi connectivity index (χ4v) is 5.66. The Hall–Kier alpha value is -2.32. The minimum atomic E-state index is -0.636. The molecule has 1 N–H and O–H groups in total. The summed E-state index contributed by atoms with van der Waals surface area (Å²) in [4.78, 5) is 26.9. The summed E-state index contributed by atoms with van der Waals surface area (Å²) in [5.74, 6) is 1.17. The van der Waals surface area contributed by atoms with Crippen molar-refractivity contribution in [2.24, 2.45) is 0 Å². The van der Waals surface area contributed by atoms with E-state index in [4.69, 9.17) is 18.9 Å². The molecule has 3 fully saturated rings. The van der Waals surface area contributed by atoms with E-state index in [0.29, 0.717) is 32.3 Å². The van der Waals surface area contributed by atoms with Gasteiger partial charge in [-0.2, -0.15) is 0 Å². The quantitative estimate of drug-likeness (QED) is 0.662. The van der Waals surface area contributed by atoms with E-state index in [9.17, 15) is 9.59 Å². The van der Waals surface area contributed by atoms with Crippen LogP contribution in [0.3, 0.4) is 0 Å². The SMILES string of the molecule is O=C1COC[C@@]2(CCCN3C(=O)OCCOc4cccc(c4)C4CCC(CC4)OC[C@H]32)N1. The molecule has 2 amide bonds. The van der Waals surface area contributed by atoms with Gasteiger partial charge in [0.2, 0.25) is 5.91 Å². The van der Waals surface area contributed by atoms with Crippen LogP contribution in [-0.4, -0.2) is 74.2 Å². The number of ether oxygens (including phenoxy) is 4. The first kappa shape index (κ1) is 21.5. The third-order valence-electron chi connectivity index (χ3n) is 7.32. The molecule has 174 valence electrons. The van der Waals surface area contributed by atoms with Crippen molar-refractivity contribution in [2.75, 3.05) is 39.6 Å². The summed E-state index contributed by atoms with van der Waals surface area (Å²) in [5.41, 5.74) is 0.660. The minimum absolute atomic E-state index is 0.0568. The van der Waals surface area contributed by atoms with Crippen LogP contribution in [0.2, 0.25) is 0 Å². The van der Waals surface area contributed by atoms with E-state index in [2.05, 4.69) is 17.4 Å². The summed E-state index contributed by atoms with van der Waals surface area (Å²) < 4.78 is 23.4. The van der Waals surface area contributed by atoms with E-state index in [0.717, 1.165) is 44.3 Å². The van der Waals surface area contributed by atoms with Crippen LogP contribution in [0.15, 0.2) is 24.3 Å².